The first kappa shape index (κ1) is 20.1. The summed E-state index contributed by atoms with van der Waals surface area (Å²) in [6.45, 7) is 5.67. The number of amides is 2. The van der Waals surface area contributed by atoms with Gasteiger partial charge in [-0.15, -0.1) is 0 Å². The van der Waals surface area contributed by atoms with E-state index >= 15 is 0 Å². The van der Waals surface area contributed by atoms with Crippen molar-refractivity contribution in [1.29, 1.82) is 0 Å². The first-order valence-corrected chi connectivity index (χ1v) is 10.7. The van der Waals surface area contributed by atoms with Gasteiger partial charge in [0.2, 0.25) is 5.91 Å². The molecule has 0 saturated carbocycles. The molecule has 1 saturated heterocycles. The highest BCUT2D eigenvalue weighted by molar-refractivity contribution is 6.05. The van der Waals surface area contributed by atoms with Gasteiger partial charge >= 0.3 is 0 Å². The second-order valence-electron chi connectivity index (χ2n) is 7.89. The zero-order valence-corrected chi connectivity index (χ0v) is 17.6. The minimum Gasteiger partial charge on any atom is -0.337 e. The van der Waals surface area contributed by atoms with E-state index in [9.17, 15) is 9.59 Å². The van der Waals surface area contributed by atoms with Crippen LogP contribution >= 0.6 is 0 Å². The Balaban J connectivity index is 1.60. The number of anilines is 1. The number of nitrogens with one attached hydrogen (secondary N) is 1. The minimum absolute atomic E-state index is 0.0442. The third kappa shape index (κ3) is 3.95. The van der Waals surface area contributed by atoms with Crippen LogP contribution in [0.3, 0.4) is 0 Å². The predicted molar refractivity (Wildman–Crippen MR) is 119 cm³/mol. The van der Waals surface area contributed by atoms with E-state index in [1.165, 1.54) is 0 Å². The molecule has 6 nitrogen and oxygen atoms in total. The molecule has 2 aromatic carbocycles. The molecule has 156 valence electrons. The van der Waals surface area contributed by atoms with E-state index in [-0.39, 0.29) is 18.4 Å². The molecule has 4 rings (SSSR count). The minimum atomic E-state index is -0.149. The number of para-hydroxylation sites is 2. The zero-order chi connectivity index (χ0) is 21.1. The van der Waals surface area contributed by atoms with Crippen LogP contribution in [0.4, 0.5) is 5.69 Å². The first-order chi connectivity index (χ1) is 14.6. The van der Waals surface area contributed by atoms with Gasteiger partial charge in [0.25, 0.3) is 5.91 Å². The van der Waals surface area contributed by atoms with Crippen molar-refractivity contribution >= 4 is 28.4 Å². The summed E-state index contributed by atoms with van der Waals surface area (Å²) in [6, 6.07) is 13.7. The lowest BCUT2D eigenvalue weighted by molar-refractivity contribution is -0.116. The number of nitrogens with zero attached hydrogens (tertiary/aromatic N) is 3. The van der Waals surface area contributed by atoms with Gasteiger partial charge in [-0.05, 0) is 49.8 Å². The molecule has 1 N–H and O–H groups in total. The number of aryl methyl sites for hydroxylation is 2. The monoisotopic (exact) mass is 404 g/mol. The molecule has 1 aliphatic rings. The highest BCUT2D eigenvalue weighted by Crippen LogP contribution is 2.23. The summed E-state index contributed by atoms with van der Waals surface area (Å²) in [5.41, 5.74) is 4.24. The molecular weight excluding hydrogens is 376 g/mol. The van der Waals surface area contributed by atoms with E-state index in [1.807, 2.05) is 54.3 Å². The van der Waals surface area contributed by atoms with Gasteiger partial charge in [0.1, 0.15) is 6.54 Å². The second kappa shape index (κ2) is 8.69. The number of hydrogen-bond donors (Lipinski definition) is 1. The fourth-order valence-corrected chi connectivity index (χ4v) is 4.17. The largest absolute Gasteiger partial charge is 0.337 e. The molecule has 0 unspecified atom stereocenters. The van der Waals surface area contributed by atoms with Crippen LogP contribution in [0, 0.1) is 6.92 Å². The maximum Gasteiger partial charge on any atom is 0.275 e. The molecule has 1 fully saturated rings. The number of aromatic nitrogens is 2. The summed E-state index contributed by atoms with van der Waals surface area (Å²) in [7, 11) is 0. The zero-order valence-electron chi connectivity index (χ0n) is 17.6. The number of rotatable bonds is 5. The number of carbonyl (C=O) groups excluding carboxylic acids is 2. The molecule has 1 aromatic heterocycles. The molecule has 6 heteroatoms. The first-order valence-electron chi connectivity index (χ1n) is 10.7. The lowest BCUT2D eigenvalue weighted by Gasteiger charge is -2.25. The number of fused-ring (bicyclic) bond motifs is 1. The smallest absolute Gasteiger partial charge is 0.275 e. The lowest BCUT2D eigenvalue weighted by atomic mass is 10.1. The van der Waals surface area contributed by atoms with Crippen LogP contribution in [-0.2, 0) is 17.8 Å². The Hall–Kier alpha value is -3.15. The Morgan fingerprint density at radius 3 is 2.57 bits per heavy atom. The fourth-order valence-electron chi connectivity index (χ4n) is 4.17. The van der Waals surface area contributed by atoms with Crippen molar-refractivity contribution < 1.29 is 9.59 Å². The molecule has 2 amide bonds. The SMILES string of the molecule is CCc1cccc(C)c1NC(=O)Cn1nc(C(=O)N2CCCCC2)c2ccccc21. The Labute approximate surface area is 176 Å². The quantitative estimate of drug-likeness (QED) is 0.694. The van der Waals surface area contributed by atoms with Crippen LogP contribution in [0.15, 0.2) is 42.5 Å². The highest BCUT2D eigenvalue weighted by atomic mass is 16.2. The number of likely N-dealkylation sites (tertiary alicyclic amines) is 1. The standard InChI is InChI=1S/C24H28N4O2/c1-3-18-11-9-10-17(2)22(18)25-21(29)16-28-20-13-6-5-12-19(20)23(26-28)24(30)27-14-7-4-8-15-27/h5-6,9-13H,3-4,7-8,14-16H2,1-2H3,(H,25,29). The van der Waals surface area contributed by atoms with E-state index in [4.69, 9.17) is 0 Å². The van der Waals surface area contributed by atoms with Crippen LogP contribution < -0.4 is 5.32 Å². The van der Waals surface area contributed by atoms with Gasteiger partial charge in [0.15, 0.2) is 5.69 Å². The maximum absolute atomic E-state index is 13.1. The Kier molecular flexibility index (Phi) is 5.84. The molecule has 3 aromatic rings. The Morgan fingerprint density at radius 1 is 1.03 bits per heavy atom. The van der Waals surface area contributed by atoms with E-state index in [0.717, 1.165) is 66.5 Å². The van der Waals surface area contributed by atoms with Gasteiger partial charge < -0.3 is 10.2 Å². The summed E-state index contributed by atoms with van der Waals surface area (Å²) in [6.07, 6.45) is 4.07. The summed E-state index contributed by atoms with van der Waals surface area (Å²) in [5.74, 6) is -0.193. The predicted octanol–water partition coefficient (Wildman–Crippen LogP) is 4.17. The van der Waals surface area contributed by atoms with Crippen LogP contribution in [0.1, 0.15) is 47.8 Å². The average Bonchev–Trinajstić information content (AvgIpc) is 3.13. The Morgan fingerprint density at radius 2 is 1.80 bits per heavy atom. The van der Waals surface area contributed by atoms with Gasteiger partial charge in [-0.2, -0.15) is 5.10 Å². The average molecular weight is 405 g/mol. The van der Waals surface area contributed by atoms with E-state index in [0.29, 0.717) is 5.69 Å². The summed E-state index contributed by atoms with van der Waals surface area (Å²) in [4.78, 5) is 27.8. The van der Waals surface area contributed by atoms with Crippen LogP contribution in [-0.4, -0.2) is 39.6 Å². The summed E-state index contributed by atoms with van der Waals surface area (Å²) < 4.78 is 1.64. The van der Waals surface area contributed by atoms with Gasteiger partial charge in [-0.1, -0.05) is 43.3 Å². The topological polar surface area (TPSA) is 67.2 Å². The molecule has 0 atom stereocenters. The highest BCUT2D eigenvalue weighted by Gasteiger charge is 2.24. The summed E-state index contributed by atoms with van der Waals surface area (Å²) >= 11 is 0. The van der Waals surface area contributed by atoms with Crippen molar-refractivity contribution in [2.24, 2.45) is 0 Å². The van der Waals surface area contributed by atoms with Gasteiger partial charge in [0.05, 0.1) is 5.52 Å². The fraction of sp³-hybridized carbons (Fsp3) is 0.375. The molecule has 0 aliphatic carbocycles. The number of benzene rings is 2. The van der Waals surface area contributed by atoms with Gasteiger partial charge in [-0.3, -0.25) is 14.3 Å². The molecular formula is C24H28N4O2. The molecule has 0 radical (unpaired) electrons. The lowest BCUT2D eigenvalue weighted by Crippen LogP contribution is -2.36. The molecule has 2 heterocycles. The van der Waals surface area contributed by atoms with E-state index in [2.05, 4.69) is 17.3 Å². The van der Waals surface area contributed by atoms with E-state index < -0.39 is 0 Å². The number of hydrogen-bond acceptors (Lipinski definition) is 3. The van der Waals surface area contributed by atoms with Crippen LogP contribution in [0.2, 0.25) is 0 Å². The van der Waals surface area contributed by atoms with Crippen LogP contribution in [0.5, 0.6) is 0 Å². The Bertz CT molecular complexity index is 1080. The van der Waals surface area contributed by atoms with Crippen molar-refractivity contribution in [2.75, 3.05) is 18.4 Å². The molecule has 30 heavy (non-hydrogen) atoms. The molecule has 1 aliphatic heterocycles. The normalized spacial score (nSPS) is 14.1. The van der Waals surface area contributed by atoms with Crippen molar-refractivity contribution in [3.8, 4) is 0 Å². The van der Waals surface area contributed by atoms with Crippen molar-refractivity contribution in [3.63, 3.8) is 0 Å². The van der Waals surface area contributed by atoms with Gasteiger partial charge in [-0.25, -0.2) is 0 Å². The number of piperidine rings is 1. The van der Waals surface area contributed by atoms with E-state index in [1.54, 1.807) is 4.68 Å². The van der Waals surface area contributed by atoms with Crippen molar-refractivity contribution in [3.05, 3.63) is 59.3 Å². The number of carbonyl (C=O) groups is 2. The third-order valence-electron chi connectivity index (χ3n) is 5.80. The maximum atomic E-state index is 13.1. The van der Waals surface area contributed by atoms with Crippen molar-refractivity contribution in [2.45, 2.75) is 46.1 Å². The van der Waals surface area contributed by atoms with Gasteiger partial charge in [0, 0.05) is 24.2 Å². The summed E-state index contributed by atoms with van der Waals surface area (Å²) in [5, 5.41) is 8.42. The van der Waals surface area contributed by atoms with Crippen molar-refractivity contribution in [1.82, 2.24) is 14.7 Å². The molecule has 0 spiro atoms. The molecule has 0 bridgehead atoms. The van der Waals surface area contributed by atoms with Crippen LogP contribution in [0.25, 0.3) is 10.9 Å². The third-order valence-corrected chi connectivity index (χ3v) is 5.80. The second-order valence-corrected chi connectivity index (χ2v) is 7.89.